The van der Waals surface area contributed by atoms with Crippen molar-refractivity contribution in [2.45, 2.75) is 27.7 Å². The number of carbonyl (C=O) groups is 2. The Hall–Kier alpha value is -1.81. The molecule has 1 atom stereocenters. The first-order valence-corrected chi connectivity index (χ1v) is 12.4. The highest BCUT2D eigenvalue weighted by Crippen LogP contribution is 2.38. The number of hydrogen-bond donors (Lipinski definition) is 0. The maximum atomic E-state index is 13.5. The number of hydrogen-bond acceptors (Lipinski definition) is 3. The van der Waals surface area contributed by atoms with Gasteiger partial charge in [0, 0.05) is 30.9 Å². The molecule has 0 heterocycles. The van der Waals surface area contributed by atoms with Crippen LogP contribution in [0.5, 0.6) is 0 Å². The lowest BCUT2D eigenvalue weighted by atomic mass is 9.95. The van der Waals surface area contributed by atoms with Crippen LogP contribution in [0.25, 0.3) is 0 Å². The summed E-state index contributed by atoms with van der Waals surface area (Å²) in [4.78, 5) is 26.3. The maximum Gasteiger partial charge on any atom is 0.223 e. The summed E-state index contributed by atoms with van der Waals surface area (Å²) < 4.78 is 14.4. The normalized spacial score (nSPS) is 11.9. The average Bonchev–Trinajstić information content (AvgIpc) is 2.72. The van der Waals surface area contributed by atoms with Gasteiger partial charge in [0.25, 0.3) is 0 Å². The predicted octanol–water partition coefficient (Wildman–Crippen LogP) is 6.70. The minimum Gasteiger partial charge on any atom is -0.313 e. The molecule has 0 aliphatic carbocycles. The van der Waals surface area contributed by atoms with E-state index in [0.29, 0.717) is 30.9 Å². The van der Waals surface area contributed by atoms with Gasteiger partial charge in [-0.3, -0.25) is 9.59 Å². The van der Waals surface area contributed by atoms with Crippen molar-refractivity contribution in [3.63, 3.8) is 0 Å². The molecule has 0 fully saturated rings. The van der Waals surface area contributed by atoms with Crippen molar-refractivity contribution in [2.24, 2.45) is 0 Å². The van der Waals surface area contributed by atoms with Crippen LogP contribution < -0.4 is 5.30 Å². The average molecular weight is 548 g/mol. The van der Waals surface area contributed by atoms with Crippen LogP contribution in [0.4, 0.5) is 0 Å². The first-order valence-electron chi connectivity index (χ1n) is 9.39. The van der Waals surface area contributed by atoms with Crippen molar-refractivity contribution in [2.75, 3.05) is 0 Å². The first kappa shape index (κ1) is 22.9. The fraction of sp³-hybridized carbons (Fsp3) is 0.167. The summed E-state index contributed by atoms with van der Waals surface area (Å²) in [5.41, 5.74) is 4.77. The Kier molecular flexibility index (Phi) is 6.96. The van der Waals surface area contributed by atoms with E-state index in [4.69, 9.17) is 0 Å². The van der Waals surface area contributed by atoms with Crippen molar-refractivity contribution in [1.29, 1.82) is 0 Å². The molecule has 6 heteroatoms. The van der Waals surface area contributed by atoms with Gasteiger partial charge in [-0.2, -0.15) is 0 Å². The van der Waals surface area contributed by atoms with Crippen molar-refractivity contribution in [1.82, 2.24) is 0 Å². The van der Waals surface area contributed by atoms with E-state index in [0.717, 1.165) is 22.3 Å². The molecule has 0 spiro atoms. The molecule has 3 aromatic carbocycles. The van der Waals surface area contributed by atoms with Gasteiger partial charge in [0.05, 0.1) is 0 Å². The Balaban J connectivity index is 2.11. The van der Waals surface area contributed by atoms with Gasteiger partial charge in [0.15, 0.2) is 13.6 Å². The van der Waals surface area contributed by atoms with Crippen molar-refractivity contribution in [3.05, 3.63) is 96.4 Å². The van der Waals surface area contributed by atoms with Crippen LogP contribution in [0.1, 0.15) is 48.5 Å². The molecule has 3 rings (SSSR count). The molecular weight excluding hydrogens is 527 g/mol. The number of aryl methyl sites for hydroxylation is 2. The van der Waals surface area contributed by atoms with E-state index in [1.807, 2.05) is 39.8 Å². The predicted molar refractivity (Wildman–Crippen MR) is 130 cm³/mol. The molecule has 0 N–H and O–H groups in total. The topological polar surface area (TPSA) is 51.2 Å². The summed E-state index contributed by atoms with van der Waals surface area (Å²) in [6, 6.07) is 14.2. The smallest absolute Gasteiger partial charge is 0.223 e. The van der Waals surface area contributed by atoms with Crippen LogP contribution in [0, 0.1) is 27.7 Å². The lowest BCUT2D eigenvalue weighted by Gasteiger charge is -2.16. The van der Waals surface area contributed by atoms with E-state index < -0.39 is 13.3 Å². The summed E-state index contributed by atoms with van der Waals surface area (Å²) in [5, 5.41) is 0.337. The molecule has 3 aromatic rings. The molecule has 0 aliphatic heterocycles. The number of rotatable bonds is 5. The monoisotopic (exact) mass is 546 g/mol. The Morgan fingerprint density at radius 2 is 1.47 bits per heavy atom. The maximum absolute atomic E-state index is 13.5. The van der Waals surface area contributed by atoms with Crippen molar-refractivity contribution < 1.29 is 14.2 Å². The van der Waals surface area contributed by atoms with E-state index in [2.05, 4.69) is 31.9 Å². The second-order valence-corrected chi connectivity index (χ2v) is 10.5. The van der Waals surface area contributed by atoms with Crippen molar-refractivity contribution >= 4 is 56.3 Å². The van der Waals surface area contributed by atoms with E-state index >= 15 is 0 Å². The minimum atomic E-state index is -2.90. The quantitative estimate of drug-likeness (QED) is 0.264. The number of carbonyl (C=O) groups excluding carboxylic acids is 2. The zero-order valence-corrected chi connectivity index (χ0v) is 21.3. The minimum absolute atomic E-state index is 0.197. The lowest BCUT2D eigenvalue weighted by molar-refractivity contribution is 0.103. The lowest BCUT2D eigenvalue weighted by Crippen LogP contribution is -2.14. The van der Waals surface area contributed by atoms with Gasteiger partial charge in [0.1, 0.15) is 0 Å². The molecule has 0 bridgehead atoms. The molecule has 0 saturated heterocycles. The third-order valence-corrected chi connectivity index (χ3v) is 9.24. The zero-order chi connectivity index (χ0) is 22.2. The van der Waals surface area contributed by atoms with E-state index in [-0.39, 0.29) is 5.78 Å². The zero-order valence-electron chi connectivity index (χ0n) is 17.1. The number of benzene rings is 3. The van der Waals surface area contributed by atoms with Gasteiger partial charge in [-0.05, 0) is 93.9 Å². The van der Waals surface area contributed by atoms with Gasteiger partial charge >= 0.3 is 0 Å². The molecule has 1 unspecified atom stereocenters. The van der Waals surface area contributed by atoms with Gasteiger partial charge < -0.3 is 4.57 Å². The second kappa shape index (κ2) is 9.13. The summed E-state index contributed by atoms with van der Waals surface area (Å²) in [6.07, 6.45) is 0. The molecule has 0 amide bonds. The standard InChI is InChI=1S/C24H21Br2O3P/c1-13-12-14(2)20(16(4)15(13)3)24(28)30(29)23-19(25)11-10-18(21(23)26)22(27)17-8-6-5-7-9-17/h5-12,30H,1-4H3. The third kappa shape index (κ3) is 4.16. The Morgan fingerprint density at radius 1 is 0.833 bits per heavy atom. The number of ketones is 1. The summed E-state index contributed by atoms with van der Waals surface area (Å²) >= 11 is 6.88. The van der Waals surface area contributed by atoms with Crippen LogP contribution in [-0.2, 0) is 4.57 Å². The molecule has 0 aromatic heterocycles. The SMILES string of the molecule is Cc1cc(C)c(C(=O)[PH](=O)c2c(Br)ccc(C(=O)c3ccccc3)c2Br)c(C)c1C. The fourth-order valence-electron chi connectivity index (χ4n) is 3.54. The Labute approximate surface area is 193 Å². The highest BCUT2D eigenvalue weighted by atomic mass is 79.9. The molecule has 154 valence electrons. The van der Waals surface area contributed by atoms with E-state index in [1.165, 1.54) is 0 Å². The van der Waals surface area contributed by atoms with Crippen molar-refractivity contribution in [3.8, 4) is 0 Å². The van der Waals surface area contributed by atoms with Crippen LogP contribution in [0.2, 0.25) is 0 Å². The Bertz CT molecular complexity index is 1200. The summed E-state index contributed by atoms with van der Waals surface area (Å²) in [6.45, 7) is 7.71. The molecule has 0 aliphatic rings. The molecule has 0 saturated carbocycles. The van der Waals surface area contributed by atoms with E-state index in [1.54, 1.807) is 36.4 Å². The first-order chi connectivity index (χ1) is 14.1. The third-order valence-electron chi connectivity index (χ3n) is 5.39. The molecule has 0 radical (unpaired) electrons. The molecule has 3 nitrogen and oxygen atoms in total. The largest absolute Gasteiger partial charge is 0.313 e. The van der Waals surface area contributed by atoms with Gasteiger partial charge in [-0.1, -0.05) is 36.4 Å². The van der Waals surface area contributed by atoms with Crippen LogP contribution >= 0.6 is 39.7 Å². The van der Waals surface area contributed by atoms with Gasteiger partial charge in [0.2, 0.25) is 5.52 Å². The fourth-order valence-corrected chi connectivity index (χ4v) is 7.22. The van der Waals surface area contributed by atoms with Gasteiger partial charge in [-0.25, -0.2) is 0 Å². The summed E-state index contributed by atoms with van der Waals surface area (Å²) in [7, 11) is -2.90. The Morgan fingerprint density at radius 3 is 2.10 bits per heavy atom. The number of halogens is 2. The van der Waals surface area contributed by atoms with E-state index in [9.17, 15) is 14.2 Å². The second-order valence-electron chi connectivity index (χ2n) is 7.27. The highest BCUT2D eigenvalue weighted by molar-refractivity contribution is 9.11. The molecular formula is C24H21Br2O3P. The molecule has 30 heavy (non-hydrogen) atoms. The van der Waals surface area contributed by atoms with Crippen LogP contribution in [-0.4, -0.2) is 11.3 Å². The summed E-state index contributed by atoms with van der Waals surface area (Å²) in [5.74, 6) is -0.197. The van der Waals surface area contributed by atoms with Gasteiger partial charge in [-0.15, -0.1) is 0 Å². The van der Waals surface area contributed by atoms with Crippen LogP contribution in [0.15, 0.2) is 57.5 Å². The highest BCUT2D eigenvalue weighted by Gasteiger charge is 2.27. The van der Waals surface area contributed by atoms with Crippen LogP contribution in [0.3, 0.4) is 0 Å².